The molecule has 1 saturated heterocycles. The lowest BCUT2D eigenvalue weighted by Crippen LogP contribution is -2.39. The van der Waals surface area contributed by atoms with Crippen molar-refractivity contribution in [2.75, 3.05) is 52.5 Å². The second kappa shape index (κ2) is 11.1. The van der Waals surface area contributed by atoms with Gasteiger partial charge in [0.1, 0.15) is 0 Å². The molecule has 0 aromatic rings. The first kappa shape index (κ1) is 16.2. The van der Waals surface area contributed by atoms with Crippen molar-refractivity contribution in [3.63, 3.8) is 0 Å². The van der Waals surface area contributed by atoms with Gasteiger partial charge >= 0.3 is 0 Å². The monoisotopic (exact) mass is 270 g/mol. The van der Waals surface area contributed by atoms with Crippen LogP contribution in [-0.4, -0.2) is 63.3 Å². The lowest BCUT2D eigenvalue weighted by molar-refractivity contribution is 0.0372. The second-order valence-corrected chi connectivity index (χ2v) is 4.85. The Bertz CT molecular complexity index is 240. The number of rotatable bonds is 8. The van der Waals surface area contributed by atoms with Gasteiger partial charge in [-0.05, 0) is 32.7 Å². The molecule has 0 aliphatic carbocycles. The third-order valence-electron chi connectivity index (χ3n) is 3.14. The van der Waals surface area contributed by atoms with E-state index in [0.29, 0.717) is 0 Å². The molecule has 5 nitrogen and oxygen atoms in total. The zero-order valence-electron chi connectivity index (χ0n) is 12.6. The molecule has 1 fully saturated rings. The maximum Gasteiger partial charge on any atom is 0.191 e. The molecule has 0 unspecified atom stereocenters. The molecule has 0 saturated carbocycles. The van der Waals surface area contributed by atoms with Gasteiger partial charge in [0, 0.05) is 32.7 Å². The summed E-state index contributed by atoms with van der Waals surface area (Å²) in [6.07, 6.45) is 3.52. The summed E-state index contributed by atoms with van der Waals surface area (Å²) in [5, 5.41) is 6.66. The molecule has 0 amide bonds. The Morgan fingerprint density at radius 2 is 1.95 bits per heavy atom. The Balaban J connectivity index is 2.04. The number of nitrogens with one attached hydrogen (secondary N) is 2. The summed E-state index contributed by atoms with van der Waals surface area (Å²) in [4.78, 5) is 6.97. The van der Waals surface area contributed by atoms with Gasteiger partial charge in [-0.15, -0.1) is 0 Å². The van der Waals surface area contributed by atoms with Crippen molar-refractivity contribution in [1.82, 2.24) is 15.5 Å². The minimum atomic E-state index is 0.892. The number of unbranched alkanes of at least 4 members (excludes halogenated alkanes) is 1. The van der Waals surface area contributed by atoms with Gasteiger partial charge in [0.05, 0.1) is 13.2 Å². The first-order valence-corrected chi connectivity index (χ1v) is 7.69. The number of nitrogens with zero attached hydrogens (tertiary/aromatic N) is 2. The van der Waals surface area contributed by atoms with Gasteiger partial charge in [-0.1, -0.05) is 6.92 Å². The number of morpholine rings is 1. The van der Waals surface area contributed by atoms with E-state index in [2.05, 4.69) is 34.4 Å². The smallest absolute Gasteiger partial charge is 0.191 e. The quantitative estimate of drug-likeness (QED) is 0.393. The molecule has 0 bridgehead atoms. The van der Waals surface area contributed by atoms with Crippen LogP contribution in [0.1, 0.15) is 33.1 Å². The van der Waals surface area contributed by atoms with E-state index in [0.717, 1.165) is 58.3 Å². The molecule has 1 aliphatic heterocycles. The fraction of sp³-hybridized carbons (Fsp3) is 0.929. The SMILES string of the molecule is CCCN=C(NCC)NCCCCN1CCOCC1. The van der Waals surface area contributed by atoms with Crippen molar-refractivity contribution >= 4 is 5.96 Å². The maximum atomic E-state index is 5.35. The van der Waals surface area contributed by atoms with E-state index < -0.39 is 0 Å². The van der Waals surface area contributed by atoms with Gasteiger partial charge in [-0.2, -0.15) is 0 Å². The molecule has 0 aromatic heterocycles. The summed E-state index contributed by atoms with van der Waals surface area (Å²) in [7, 11) is 0. The van der Waals surface area contributed by atoms with Crippen molar-refractivity contribution in [2.45, 2.75) is 33.1 Å². The largest absolute Gasteiger partial charge is 0.379 e. The van der Waals surface area contributed by atoms with Crippen molar-refractivity contribution in [3.8, 4) is 0 Å². The van der Waals surface area contributed by atoms with E-state index in [-0.39, 0.29) is 0 Å². The Labute approximate surface area is 117 Å². The fourth-order valence-corrected chi connectivity index (χ4v) is 2.06. The molecule has 0 aromatic carbocycles. The first-order chi connectivity index (χ1) is 9.36. The van der Waals surface area contributed by atoms with Crippen LogP contribution in [0.25, 0.3) is 0 Å². The van der Waals surface area contributed by atoms with Crippen molar-refractivity contribution in [3.05, 3.63) is 0 Å². The van der Waals surface area contributed by atoms with Crippen LogP contribution >= 0.6 is 0 Å². The maximum absolute atomic E-state index is 5.35. The highest BCUT2D eigenvalue weighted by Gasteiger charge is 2.08. The summed E-state index contributed by atoms with van der Waals surface area (Å²) < 4.78 is 5.35. The molecule has 0 atom stereocenters. The zero-order chi connectivity index (χ0) is 13.8. The molecular formula is C14H30N4O. The zero-order valence-corrected chi connectivity index (χ0v) is 12.6. The van der Waals surface area contributed by atoms with E-state index in [1.54, 1.807) is 0 Å². The third kappa shape index (κ3) is 8.06. The number of guanidine groups is 1. The molecule has 1 rings (SSSR count). The minimum absolute atomic E-state index is 0.892. The molecule has 1 aliphatic rings. The van der Waals surface area contributed by atoms with Crippen molar-refractivity contribution < 1.29 is 4.74 Å². The van der Waals surface area contributed by atoms with E-state index in [9.17, 15) is 0 Å². The van der Waals surface area contributed by atoms with Gasteiger partial charge in [-0.3, -0.25) is 9.89 Å². The van der Waals surface area contributed by atoms with Gasteiger partial charge in [0.25, 0.3) is 0 Å². The number of hydrogen-bond acceptors (Lipinski definition) is 3. The summed E-state index contributed by atoms with van der Waals surface area (Å²) in [6.45, 7) is 12.2. The standard InChI is InChI=1S/C14H30N4O/c1-3-7-16-14(15-4-2)17-8-5-6-9-18-10-12-19-13-11-18/h3-13H2,1-2H3,(H2,15,16,17). The molecule has 2 N–H and O–H groups in total. The van der Waals surface area contributed by atoms with Crippen LogP contribution in [0.3, 0.4) is 0 Å². The van der Waals surface area contributed by atoms with Crippen LogP contribution < -0.4 is 10.6 Å². The van der Waals surface area contributed by atoms with Crippen LogP contribution in [-0.2, 0) is 4.74 Å². The summed E-state index contributed by atoms with van der Waals surface area (Å²) in [5.74, 6) is 0.954. The van der Waals surface area contributed by atoms with Crippen LogP contribution in [0.4, 0.5) is 0 Å². The predicted molar refractivity (Wildman–Crippen MR) is 80.8 cm³/mol. The number of hydrogen-bond donors (Lipinski definition) is 2. The molecule has 0 spiro atoms. The van der Waals surface area contributed by atoms with Crippen LogP contribution in [0, 0.1) is 0 Å². The third-order valence-corrected chi connectivity index (χ3v) is 3.14. The van der Waals surface area contributed by atoms with Gasteiger partial charge in [0.2, 0.25) is 0 Å². The van der Waals surface area contributed by atoms with Crippen molar-refractivity contribution in [1.29, 1.82) is 0 Å². The van der Waals surface area contributed by atoms with Gasteiger partial charge < -0.3 is 15.4 Å². The van der Waals surface area contributed by atoms with Crippen LogP contribution in [0.2, 0.25) is 0 Å². The molecule has 112 valence electrons. The second-order valence-electron chi connectivity index (χ2n) is 4.85. The van der Waals surface area contributed by atoms with E-state index in [1.807, 2.05) is 0 Å². The first-order valence-electron chi connectivity index (χ1n) is 7.69. The molecule has 19 heavy (non-hydrogen) atoms. The highest BCUT2D eigenvalue weighted by atomic mass is 16.5. The average molecular weight is 270 g/mol. The summed E-state index contributed by atoms with van der Waals surface area (Å²) in [5.41, 5.74) is 0. The van der Waals surface area contributed by atoms with Gasteiger partial charge in [-0.25, -0.2) is 0 Å². The molecule has 5 heteroatoms. The van der Waals surface area contributed by atoms with Crippen molar-refractivity contribution in [2.24, 2.45) is 4.99 Å². The minimum Gasteiger partial charge on any atom is -0.379 e. The Hall–Kier alpha value is -0.810. The van der Waals surface area contributed by atoms with E-state index in [1.165, 1.54) is 19.4 Å². The number of aliphatic imine (C=N–C) groups is 1. The highest BCUT2D eigenvalue weighted by Crippen LogP contribution is 1.99. The summed E-state index contributed by atoms with van der Waals surface area (Å²) >= 11 is 0. The molecule has 1 heterocycles. The van der Waals surface area contributed by atoms with Crippen LogP contribution in [0.15, 0.2) is 4.99 Å². The summed E-state index contributed by atoms with van der Waals surface area (Å²) in [6, 6.07) is 0. The van der Waals surface area contributed by atoms with Gasteiger partial charge in [0.15, 0.2) is 5.96 Å². The Morgan fingerprint density at radius 1 is 1.16 bits per heavy atom. The lowest BCUT2D eigenvalue weighted by atomic mass is 10.3. The highest BCUT2D eigenvalue weighted by molar-refractivity contribution is 5.79. The molecule has 0 radical (unpaired) electrons. The predicted octanol–water partition coefficient (Wildman–Crippen LogP) is 1.06. The van der Waals surface area contributed by atoms with Crippen LogP contribution in [0.5, 0.6) is 0 Å². The Kier molecular flexibility index (Phi) is 9.45. The van der Waals surface area contributed by atoms with E-state index >= 15 is 0 Å². The lowest BCUT2D eigenvalue weighted by Gasteiger charge is -2.26. The number of ether oxygens (including phenoxy) is 1. The average Bonchev–Trinajstić information content (AvgIpc) is 2.45. The topological polar surface area (TPSA) is 48.9 Å². The molecular weight excluding hydrogens is 240 g/mol. The van der Waals surface area contributed by atoms with E-state index in [4.69, 9.17) is 4.74 Å². The Morgan fingerprint density at radius 3 is 2.63 bits per heavy atom. The normalized spacial score (nSPS) is 17.5. The fourth-order valence-electron chi connectivity index (χ4n) is 2.06.